The Hall–Kier alpha value is -5.22. The molecule has 12 nitrogen and oxygen atoms in total. The highest BCUT2D eigenvalue weighted by atomic mass is 19.4. The maximum Gasteiger partial charge on any atom is 0.411 e. The van der Waals surface area contributed by atoms with Crippen molar-refractivity contribution in [2.45, 2.75) is 37.9 Å². The Morgan fingerprint density at radius 2 is 1.77 bits per heavy atom. The topological polar surface area (TPSA) is 120 Å². The minimum Gasteiger partial charge on any atom is -0.496 e. The fraction of sp³-hybridized carbons (Fsp3) is 0.405. The summed E-state index contributed by atoms with van der Waals surface area (Å²) < 4.78 is 65.3. The highest BCUT2D eigenvalue weighted by Gasteiger charge is 2.31. The molecule has 0 saturated carbocycles. The monoisotopic (exact) mass is 736 g/mol. The molecule has 0 N–H and O–H groups in total. The lowest BCUT2D eigenvalue weighted by Crippen LogP contribution is -2.39. The Labute approximate surface area is 303 Å². The van der Waals surface area contributed by atoms with Crippen molar-refractivity contribution in [1.82, 2.24) is 39.6 Å². The first kappa shape index (κ1) is 37.5. The van der Waals surface area contributed by atoms with Crippen molar-refractivity contribution < 1.29 is 36.6 Å². The van der Waals surface area contributed by atoms with Gasteiger partial charge in [-0.05, 0) is 97.4 Å². The third kappa shape index (κ3) is 9.24. The number of likely N-dealkylation sites (tertiary alicyclic amines) is 1. The minimum absolute atomic E-state index is 0.0652. The van der Waals surface area contributed by atoms with Gasteiger partial charge in [0, 0.05) is 32.0 Å². The molecule has 0 aliphatic carbocycles. The van der Waals surface area contributed by atoms with Crippen molar-refractivity contribution in [3.63, 3.8) is 0 Å². The molecule has 280 valence electrons. The molecule has 0 bridgehead atoms. The van der Waals surface area contributed by atoms with Crippen LogP contribution in [0.5, 0.6) is 5.75 Å². The van der Waals surface area contributed by atoms with Gasteiger partial charge in [0.2, 0.25) is 5.78 Å². The van der Waals surface area contributed by atoms with Gasteiger partial charge in [-0.15, -0.1) is 5.10 Å². The molecule has 3 heterocycles. The lowest BCUT2D eigenvalue weighted by Gasteiger charge is -2.33. The van der Waals surface area contributed by atoms with Crippen LogP contribution in [0.1, 0.15) is 51.7 Å². The highest BCUT2D eigenvalue weighted by Crippen LogP contribution is 2.29. The minimum atomic E-state index is -4.44. The summed E-state index contributed by atoms with van der Waals surface area (Å²) in [6.45, 7) is 0.819. The van der Waals surface area contributed by atoms with Crippen LogP contribution in [-0.2, 0) is 11.3 Å². The smallest absolute Gasteiger partial charge is 0.411 e. The van der Waals surface area contributed by atoms with Crippen LogP contribution in [-0.4, -0.2) is 111 Å². The zero-order chi connectivity index (χ0) is 37.5. The second-order valence-electron chi connectivity index (χ2n) is 13.1. The number of imidazole rings is 1. The van der Waals surface area contributed by atoms with E-state index in [1.165, 1.54) is 30.3 Å². The average Bonchev–Trinajstić information content (AvgIpc) is 3.83. The number of piperidine rings is 1. The second kappa shape index (κ2) is 16.6. The van der Waals surface area contributed by atoms with Crippen LogP contribution in [0.3, 0.4) is 0 Å². The summed E-state index contributed by atoms with van der Waals surface area (Å²) in [6.07, 6.45) is -1.17. The average molecular weight is 737 g/mol. The number of Topliss-reactive ketones (excluding diaryl/α,β-unsaturated/α-hetero) is 1. The first-order chi connectivity index (χ1) is 25.5. The molecule has 0 spiro atoms. The molecular formula is C37H40F4N8O4. The number of rotatable bonds is 15. The Balaban J connectivity index is 1.10. The number of fused-ring (bicyclic) bond motifs is 1. The number of ketones is 1. The summed E-state index contributed by atoms with van der Waals surface area (Å²) in [5.41, 5.74) is 3.09. The Morgan fingerprint density at radius 3 is 2.47 bits per heavy atom. The Kier molecular flexibility index (Phi) is 11.8. The van der Waals surface area contributed by atoms with E-state index in [1.807, 2.05) is 0 Å². The normalized spacial score (nSPS) is 14.8. The number of hydrogen-bond donors (Lipinski definition) is 0. The van der Waals surface area contributed by atoms with E-state index >= 15 is 0 Å². The van der Waals surface area contributed by atoms with Gasteiger partial charge in [-0.25, -0.2) is 14.1 Å². The molecule has 5 aromatic rings. The van der Waals surface area contributed by atoms with Crippen molar-refractivity contribution >= 4 is 22.7 Å². The van der Waals surface area contributed by atoms with E-state index in [1.54, 1.807) is 71.1 Å². The number of likely N-dealkylation sites (N-methyl/N-ethyl adjacent to an activating group) is 1. The van der Waals surface area contributed by atoms with Gasteiger partial charge in [-0.2, -0.15) is 13.2 Å². The maximum atomic E-state index is 13.9. The van der Waals surface area contributed by atoms with Crippen LogP contribution in [0.15, 0.2) is 73.1 Å². The van der Waals surface area contributed by atoms with Crippen molar-refractivity contribution in [3.05, 3.63) is 95.8 Å². The van der Waals surface area contributed by atoms with Crippen LogP contribution in [0.4, 0.5) is 17.6 Å². The number of para-hydroxylation sites is 2. The van der Waals surface area contributed by atoms with Crippen molar-refractivity contribution in [2.75, 3.05) is 53.6 Å². The standard InChI is InChI=1S/C37H40F4N8O4/c1-46(36(51)30-21-29(11-12-33(30)52-2)49-24-42-44-45-49)22-27(25-7-9-28(38)10-8-25)15-18-47-16-13-26(14-17-47)34(50)35-43-31-5-3-4-6-32(31)48(35)19-20-53-23-37(39,40)41/h3-12,21,24,26-27H,13-20,22-23H2,1-2H3. The maximum absolute atomic E-state index is 13.9. The fourth-order valence-electron chi connectivity index (χ4n) is 6.78. The van der Waals surface area contributed by atoms with Gasteiger partial charge >= 0.3 is 6.18 Å². The summed E-state index contributed by atoms with van der Waals surface area (Å²) in [7, 11) is 3.21. The molecule has 1 aliphatic heterocycles. The number of carbonyl (C=O) groups is 2. The van der Waals surface area contributed by atoms with Crippen LogP contribution < -0.4 is 4.74 Å². The molecule has 16 heteroatoms. The summed E-state index contributed by atoms with van der Waals surface area (Å²) in [4.78, 5) is 36.1. The zero-order valence-electron chi connectivity index (χ0n) is 29.4. The van der Waals surface area contributed by atoms with Crippen LogP contribution in [0.2, 0.25) is 0 Å². The third-order valence-electron chi connectivity index (χ3n) is 9.56. The van der Waals surface area contributed by atoms with Crippen molar-refractivity contribution in [2.24, 2.45) is 5.92 Å². The molecule has 1 aliphatic rings. The summed E-state index contributed by atoms with van der Waals surface area (Å²) in [5.74, 6) is -0.549. The molecule has 3 aromatic carbocycles. The number of alkyl halides is 3. The van der Waals surface area contributed by atoms with E-state index < -0.39 is 12.8 Å². The number of methoxy groups -OCH3 is 1. The summed E-state index contributed by atoms with van der Waals surface area (Å²) >= 11 is 0. The number of nitrogens with zero attached hydrogens (tertiary/aromatic N) is 8. The Morgan fingerprint density at radius 1 is 1.02 bits per heavy atom. The first-order valence-corrected chi connectivity index (χ1v) is 17.3. The first-order valence-electron chi connectivity index (χ1n) is 17.3. The lowest BCUT2D eigenvalue weighted by molar-refractivity contribution is -0.174. The van der Waals surface area contributed by atoms with E-state index in [-0.39, 0.29) is 48.3 Å². The SMILES string of the molecule is COc1ccc(-n2cnnn2)cc1C(=O)N(C)CC(CCN1CCC(C(=O)c2nc3ccccc3n2CCOCC(F)(F)F)CC1)c1ccc(F)cc1. The molecule has 1 amide bonds. The Bertz CT molecular complexity index is 1990. The quantitative estimate of drug-likeness (QED) is 0.0771. The number of ether oxygens (including phenoxy) is 2. The van der Waals surface area contributed by atoms with Gasteiger partial charge in [0.15, 0.2) is 5.82 Å². The van der Waals surface area contributed by atoms with Gasteiger partial charge in [0.05, 0.1) is 36.0 Å². The van der Waals surface area contributed by atoms with E-state index in [0.29, 0.717) is 73.5 Å². The summed E-state index contributed by atoms with van der Waals surface area (Å²) in [5, 5.41) is 11.2. The van der Waals surface area contributed by atoms with Crippen LogP contribution in [0, 0.1) is 11.7 Å². The van der Waals surface area contributed by atoms with Gasteiger partial charge < -0.3 is 23.8 Å². The molecular weight excluding hydrogens is 696 g/mol. The van der Waals surface area contributed by atoms with Gasteiger partial charge in [-0.3, -0.25) is 9.59 Å². The molecule has 1 saturated heterocycles. The van der Waals surface area contributed by atoms with Gasteiger partial charge in [0.25, 0.3) is 5.91 Å². The molecule has 2 aromatic heterocycles. The molecule has 6 rings (SSSR count). The van der Waals surface area contributed by atoms with Crippen LogP contribution >= 0.6 is 0 Å². The number of amides is 1. The lowest BCUT2D eigenvalue weighted by atomic mass is 9.90. The predicted octanol–water partition coefficient (Wildman–Crippen LogP) is 5.58. The predicted molar refractivity (Wildman–Crippen MR) is 187 cm³/mol. The van der Waals surface area contributed by atoms with Gasteiger partial charge in [-0.1, -0.05) is 24.3 Å². The molecule has 1 unspecified atom stereocenters. The van der Waals surface area contributed by atoms with E-state index in [0.717, 1.165) is 5.56 Å². The van der Waals surface area contributed by atoms with Crippen molar-refractivity contribution in [3.8, 4) is 11.4 Å². The van der Waals surface area contributed by atoms with Crippen LogP contribution in [0.25, 0.3) is 16.7 Å². The highest BCUT2D eigenvalue weighted by molar-refractivity contribution is 5.98. The molecule has 1 atom stereocenters. The van der Waals surface area contributed by atoms with E-state index in [9.17, 15) is 27.2 Å². The number of hydrogen-bond acceptors (Lipinski definition) is 9. The molecule has 0 radical (unpaired) electrons. The largest absolute Gasteiger partial charge is 0.496 e. The van der Waals surface area contributed by atoms with Gasteiger partial charge in [0.1, 0.15) is 24.5 Å². The van der Waals surface area contributed by atoms with E-state index in [4.69, 9.17) is 9.47 Å². The summed E-state index contributed by atoms with van der Waals surface area (Å²) in [6, 6.07) is 18.6. The number of tetrazole rings is 1. The molecule has 1 fully saturated rings. The third-order valence-corrected chi connectivity index (χ3v) is 9.56. The second-order valence-corrected chi connectivity index (χ2v) is 13.1. The number of carbonyl (C=O) groups excluding carboxylic acids is 2. The number of aromatic nitrogens is 6. The van der Waals surface area contributed by atoms with Crippen molar-refractivity contribution in [1.29, 1.82) is 0 Å². The fourth-order valence-corrected chi connectivity index (χ4v) is 6.78. The zero-order valence-corrected chi connectivity index (χ0v) is 29.4. The van der Waals surface area contributed by atoms with E-state index in [2.05, 4.69) is 25.4 Å². The number of halogens is 4. The number of benzene rings is 3. The molecule has 53 heavy (non-hydrogen) atoms.